The van der Waals surface area contributed by atoms with Crippen molar-refractivity contribution < 1.29 is 23.4 Å². The summed E-state index contributed by atoms with van der Waals surface area (Å²) in [6.45, 7) is 1.46. The van der Waals surface area contributed by atoms with E-state index in [1.165, 1.54) is 30.3 Å². The van der Waals surface area contributed by atoms with Gasteiger partial charge in [-0.2, -0.15) is 0 Å². The molecule has 0 aromatic heterocycles. The Bertz CT molecular complexity index is 654. The molecule has 0 atom stereocenters. The number of aryl methyl sites for hydroxylation is 1. The lowest BCUT2D eigenvalue weighted by molar-refractivity contribution is 0.0696. The van der Waals surface area contributed by atoms with Gasteiger partial charge in [0.2, 0.25) is 0 Å². The summed E-state index contributed by atoms with van der Waals surface area (Å²) in [5, 5.41) is 8.85. The number of carboxylic acid groups (broad SMARTS) is 1. The Labute approximate surface area is 114 Å². The molecular formula is C15H12F2O3. The van der Waals surface area contributed by atoms with Crippen molar-refractivity contribution in [1.82, 2.24) is 0 Å². The fraction of sp³-hybridized carbons (Fsp3) is 0.133. The molecule has 0 saturated heterocycles. The lowest BCUT2D eigenvalue weighted by atomic mass is 10.1. The molecule has 20 heavy (non-hydrogen) atoms. The van der Waals surface area contributed by atoms with Gasteiger partial charge in [-0.1, -0.05) is 0 Å². The molecule has 0 amide bonds. The molecule has 0 saturated carbocycles. The highest BCUT2D eigenvalue weighted by Gasteiger charge is 2.09. The fourth-order valence-corrected chi connectivity index (χ4v) is 1.69. The van der Waals surface area contributed by atoms with Crippen LogP contribution in [0.5, 0.6) is 5.75 Å². The Balaban J connectivity index is 2.15. The Morgan fingerprint density at radius 2 is 1.85 bits per heavy atom. The molecule has 0 aliphatic heterocycles. The Kier molecular flexibility index (Phi) is 3.98. The van der Waals surface area contributed by atoms with Crippen LogP contribution in [0, 0.1) is 18.6 Å². The van der Waals surface area contributed by atoms with Crippen LogP contribution in [0.4, 0.5) is 8.78 Å². The summed E-state index contributed by atoms with van der Waals surface area (Å²) in [7, 11) is 0. The second-order valence-corrected chi connectivity index (χ2v) is 4.31. The molecule has 2 rings (SSSR count). The van der Waals surface area contributed by atoms with Gasteiger partial charge in [0, 0.05) is 5.56 Å². The minimum absolute atomic E-state index is 0.0136. The van der Waals surface area contributed by atoms with E-state index in [9.17, 15) is 13.6 Å². The first-order valence-electron chi connectivity index (χ1n) is 5.88. The maximum atomic E-state index is 13.5. The zero-order chi connectivity index (χ0) is 14.7. The van der Waals surface area contributed by atoms with Crippen molar-refractivity contribution in [3.8, 4) is 5.75 Å². The van der Waals surface area contributed by atoms with Crippen molar-refractivity contribution in [1.29, 1.82) is 0 Å². The van der Waals surface area contributed by atoms with Crippen molar-refractivity contribution in [3.63, 3.8) is 0 Å². The van der Waals surface area contributed by atoms with Crippen LogP contribution in [0.1, 0.15) is 21.5 Å². The smallest absolute Gasteiger partial charge is 0.335 e. The number of carbonyl (C=O) groups is 1. The summed E-state index contributed by atoms with van der Waals surface area (Å²) in [5.74, 6) is -1.64. The number of benzene rings is 2. The Morgan fingerprint density at radius 3 is 2.50 bits per heavy atom. The predicted molar refractivity (Wildman–Crippen MR) is 68.8 cm³/mol. The molecule has 0 fully saturated rings. The third-order valence-corrected chi connectivity index (χ3v) is 2.82. The molecule has 5 heteroatoms. The van der Waals surface area contributed by atoms with Crippen LogP contribution in [0.25, 0.3) is 0 Å². The predicted octanol–water partition coefficient (Wildman–Crippen LogP) is 3.55. The van der Waals surface area contributed by atoms with E-state index >= 15 is 0 Å². The summed E-state index contributed by atoms with van der Waals surface area (Å²) in [6.07, 6.45) is 0. The monoisotopic (exact) mass is 278 g/mol. The second kappa shape index (κ2) is 5.69. The van der Waals surface area contributed by atoms with Crippen LogP contribution in [0.3, 0.4) is 0 Å². The summed E-state index contributed by atoms with van der Waals surface area (Å²) in [6, 6.07) is 7.67. The molecule has 0 bridgehead atoms. The number of aromatic carboxylic acids is 1. The number of ether oxygens (including phenoxy) is 1. The van der Waals surface area contributed by atoms with E-state index in [2.05, 4.69) is 0 Å². The minimum Gasteiger partial charge on any atom is -0.489 e. The van der Waals surface area contributed by atoms with Crippen LogP contribution in [-0.4, -0.2) is 11.1 Å². The second-order valence-electron chi connectivity index (χ2n) is 4.31. The molecule has 0 aliphatic carbocycles. The molecule has 0 unspecified atom stereocenters. The minimum atomic E-state index is -1.14. The zero-order valence-electron chi connectivity index (χ0n) is 10.7. The van der Waals surface area contributed by atoms with E-state index in [0.29, 0.717) is 11.3 Å². The summed E-state index contributed by atoms with van der Waals surface area (Å²) < 4.78 is 32.0. The number of halogens is 2. The molecule has 104 valence electrons. The third kappa shape index (κ3) is 3.12. The van der Waals surface area contributed by atoms with Crippen molar-refractivity contribution in [2.45, 2.75) is 13.5 Å². The number of hydrogen-bond acceptors (Lipinski definition) is 2. The molecule has 0 aliphatic rings. The van der Waals surface area contributed by atoms with E-state index in [1.807, 2.05) is 0 Å². The average Bonchev–Trinajstić information content (AvgIpc) is 2.41. The van der Waals surface area contributed by atoms with E-state index in [1.54, 1.807) is 6.92 Å². The molecule has 0 spiro atoms. The van der Waals surface area contributed by atoms with Crippen molar-refractivity contribution in [2.75, 3.05) is 0 Å². The first-order chi connectivity index (χ1) is 9.47. The number of rotatable bonds is 4. The quantitative estimate of drug-likeness (QED) is 0.930. The number of carboxylic acids is 1. The normalized spacial score (nSPS) is 10.3. The van der Waals surface area contributed by atoms with E-state index in [0.717, 1.165) is 6.07 Å². The van der Waals surface area contributed by atoms with E-state index < -0.39 is 11.8 Å². The highest BCUT2D eigenvalue weighted by Crippen LogP contribution is 2.19. The lowest BCUT2D eigenvalue weighted by Crippen LogP contribution is -2.03. The molecule has 3 nitrogen and oxygen atoms in total. The number of hydrogen-bond donors (Lipinski definition) is 1. The van der Waals surface area contributed by atoms with Gasteiger partial charge >= 0.3 is 5.97 Å². The van der Waals surface area contributed by atoms with Crippen molar-refractivity contribution in [2.24, 2.45) is 0 Å². The maximum absolute atomic E-state index is 13.5. The van der Waals surface area contributed by atoms with Crippen molar-refractivity contribution in [3.05, 3.63) is 64.7 Å². The standard InChI is InChI=1S/C15H12F2O3/c1-9-6-12(3-5-13(9)16)20-8-11-7-10(15(18)19)2-4-14(11)17/h2-7H,8H2,1H3,(H,18,19). The van der Waals surface area contributed by atoms with Gasteiger partial charge in [0.25, 0.3) is 0 Å². The topological polar surface area (TPSA) is 46.5 Å². The van der Waals surface area contributed by atoms with E-state index in [4.69, 9.17) is 9.84 Å². The molecular weight excluding hydrogens is 266 g/mol. The first kappa shape index (κ1) is 14.0. The maximum Gasteiger partial charge on any atom is 0.335 e. The highest BCUT2D eigenvalue weighted by atomic mass is 19.1. The van der Waals surface area contributed by atoms with Gasteiger partial charge in [-0.15, -0.1) is 0 Å². The average molecular weight is 278 g/mol. The van der Waals surface area contributed by atoms with Gasteiger partial charge in [-0.25, -0.2) is 13.6 Å². The van der Waals surface area contributed by atoms with Gasteiger partial charge in [0.15, 0.2) is 0 Å². The first-order valence-corrected chi connectivity index (χ1v) is 5.88. The van der Waals surface area contributed by atoms with Gasteiger partial charge < -0.3 is 9.84 Å². The van der Waals surface area contributed by atoms with Crippen LogP contribution in [0.2, 0.25) is 0 Å². The highest BCUT2D eigenvalue weighted by molar-refractivity contribution is 5.87. The van der Waals surface area contributed by atoms with Gasteiger partial charge in [0.05, 0.1) is 5.56 Å². The SMILES string of the molecule is Cc1cc(OCc2cc(C(=O)O)ccc2F)ccc1F. The van der Waals surface area contributed by atoms with Gasteiger partial charge in [0.1, 0.15) is 24.0 Å². The third-order valence-electron chi connectivity index (χ3n) is 2.82. The Hall–Kier alpha value is -2.43. The van der Waals surface area contributed by atoms with Crippen molar-refractivity contribution >= 4 is 5.97 Å². The molecule has 2 aromatic rings. The van der Waals surface area contributed by atoms with Crippen LogP contribution in [-0.2, 0) is 6.61 Å². The summed E-state index contributed by atoms with van der Waals surface area (Å²) in [4.78, 5) is 10.8. The molecule has 1 N–H and O–H groups in total. The fourth-order valence-electron chi connectivity index (χ4n) is 1.69. The molecule has 0 heterocycles. The van der Waals surface area contributed by atoms with Crippen LogP contribution >= 0.6 is 0 Å². The molecule has 2 aromatic carbocycles. The van der Waals surface area contributed by atoms with Gasteiger partial charge in [-0.3, -0.25) is 0 Å². The van der Waals surface area contributed by atoms with Gasteiger partial charge in [-0.05, 0) is 48.9 Å². The summed E-state index contributed by atoms with van der Waals surface area (Å²) in [5.41, 5.74) is 0.537. The van der Waals surface area contributed by atoms with Crippen LogP contribution < -0.4 is 4.74 Å². The lowest BCUT2D eigenvalue weighted by Gasteiger charge is -2.09. The summed E-state index contributed by atoms with van der Waals surface area (Å²) >= 11 is 0. The Morgan fingerprint density at radius 1 is 1.15 bits per heavy atom. The van der Waals surface area contributed by atoms with Crippen LogP contribution in [0.15, 0.2) is 36.4 Å². The molecule has 0 radical (unpaired) electrons. The van der Waals surface area contributed by atoms with E-state index in [-0.39, 0.29) is 23.6 Å². The largest absolute Gasteiger partial charge is 0.489 e. The zero-order valence-corrected chi connectivity index (χ0v) is 10.7.